The topological polar surface area (TPSA) is 98.9 Å². The summed E-state index contributed by atoms with van der Waals surface area (Å²) in [5.74, 6) is -0.422. The zero-order valence-corrected chi connectivity index (χ0v) is 18.3. The first-order chi connectivity index (χ1) is 15.3. The largest absolute Gasteiger partial charge is 0.333 e. The van der Waals surface area contributed by atoms with E-state index in [-0.39, 0.29) is 24.3 Å². The first-order valence-corrected chi connectivity index (χ1v) is 10.3. The van der Waals surface area contributed by atoms with E-state index in [9.17, 15) is 14.4 Å². The number of rotatable bonds is 5. The molecule has 8 nitrogen and oxygen atoms in total. The van der Waals surface area contributed by atoms with Gasteiger partial charge in [-0.25, -0.2) is 14.8 Å². The van der Waals surface area contributed by atoms with Crippen molar-refractivity contribution in [1.29, 1.82) is 0 Å². The van der Waals surface area contributed by atoms with Gasteiger partial charge >= 0.3 is 5.69 Å². The maximum absolute atomic E-state index is 13.3. The van der Waals surface area contributed by atoms with E-state index < -0.39 is 17.2 Å². The van der Waals surface area contributed by atoms with Crippen molar-refractivity contribution in [2.45, 2.75) is 26.9 Å². The lowest BCUT2D eigenvalue weighted by atomic mass is 10.1. The zero-order valence-electron chi connectivity index (χ0n) is 17.5. The van der Waals surface area contributed by atoms with Crippen LogP contribution in [0.5, 0.6) is 0 Å². The number of anilines is 1. The molecule has 0 saturated heterocycles. The third kappa shape index (κ3) is 4.17. The van der Waals surface area contributed by atoms with E-state index in [1.54, 1.807) is 24.3 Å². The second-order valence-electron chi connectivity index (χ2n) is 7.45. The number of halogens is 1. The Labute approximate surface area is 188 Å². The number of carbonyl (C=O) groups is 1. The molecule has 2 heterocycles. The lowest BCUT2D eigenvalue weighted by Gasteiger charge is -2.14. The summed E-state index contributed by atoms with van der Waals surface area (Å²) in [6.45, 7) is 3.47. The number of hydrogen-bond donors (Lipinski definition) is 1. The SMILES string of the molecule is Cc1ccc(NC(=O)Cn2c(=O)n(Cc3ccccc3Cl)c(=O)c3nccnc32)c(C)c1. The molecule has 9 heteroatoms. The molecule has 162 valence electrons. The van der Waals surface area contributed by atoms with Gasteiger partial charge in [-0.1, -0.05) is 47.5 Å². The van der Waals surface area contributed by atoms with Gasteiger partial charge in [0.25, 0.3) is 5.56 Å². The summed E-state index contributed by atoms with van der Waals surface area (Å²) in [6.07, 6.45) is 2.74. The normalized spacial score (nSPS) is 11.0. The summed E-state index contributed by atoms with van der Waals surface area (Å²) >= 11 is 6.22. The molecule has 32 heavy (non-hydrogen) atoms. The predicted octanol–water partition coefficient (Wildman–Crippen LogP) is 2.91. The van der Waals surface area contributed by atoms with Crippen molar-refractivity contribution in [2.75, 3.05) is 5.32 Å². The van der Waals surface area contributed by atoms with Crippen LogP contribution in [0.3, 0.4) is 0 Å². The molecule has 0 unspecified atom stereocenters. The Morgan fingerprint density at radius 2 is 1.78 bits per heavy atom. The summed E-state index contributed by atoms with van der Waals surface area (Å²) in [5.41, 5.74) is 2.01. The third-order valence-corrected chi connectivity index (χ3v) is 5.46. The van der Waals surface area contributed by atoms with Crippen molar-refractivity contribution in [3.63, 3.8) is 0 Å². The van der Waals surface area contributed by atoms with E-state index in [4.69, 9.17) is 11.6 Å². The number of hydrogen-bond acceptors (Lipinski definition) is 5. The lowest BCUT2D eigenvalue weighted by Crippen LogP contribution is -2.42. The average Bonchev–Trinajstić information content (AvgIpc) is 2.77. The number of benzene rings is 2. The van der Waals surface area contributed by atoms with Gasteiger partial charge in [-0.3, -0.25) is 18.7 Å². The Balaban J connectivity index is 1.76. The zero-order chi connectivity index (χ0) is 22.8. The highest BCUT2D eigenvalue weighted by Crippen LogP contribution is 2.17. The molecule has 0 fully saturated rings. The number of aryl methyl sites for hydroxylation is 2. The molecule has 0 saturated carbocycles. The summed E-state index contributed by atoms with van der Waals surface area (Å²) < 4.78 is 2.17. The fraction of sp³-hybridized carbons (Fsp3) is 0.174. The molecule has 1 N–H and O–H groups in total. The number of fused-ring (bicyclic) bond motifs is 1. The molecule has 2 aromatic carbocycles. The van der Waals surface area contributed by atoms with E-state index in [0.29, 0.717) is 16.3 Å². The van der Waals surface area contributed by atoms with Crippen molar-refractivity contribution >= 4 is 34.4 Å². The summed E-state index contributed by atoms with van der Waals surface area (Å²) in [7, 11) is 0. The van der Waals surface area contributed by atoms with Crippen molar-refractivity contribution in [3.8, 4) is 0 Å². The minimum atomic E-state index is -0.668. The summed E-state index contributed by atoms with van der Waals surface area (Å²) in [5, 5.41) is 3.24. The molecular formula is C23H20ClN5O3. The van der Waals surface area contributed by atoms with Gasteiger partial charge in [0.05, 0.1) is 6.54 Å². The Morgan fingerprint density at radius 3 is 2.53 bits per heavy atom. The average molecular weight is 450 g/mol. The minimum Gasteiger partial charge on any atom is -0.324 e. The van der Waals surface area contributed by atoms with E-state index in [2.05, 4.69) is 15.3 Å². The van der Waals surface area contributed by atoms with Crippen LogP contribution in [0.1, 0.15) is 16.7 Å². The molecule has 0 radical (unpaired) electrons. The van der Waals surface area contributed by atoms with Gasteiger partial charge in [0.15, 0.2) is 11.2 Å². The van der Waals surface area contributed by atoms with Crippen LogP contribution in [0.15, 0.2) is 64.4 Å². The van der Waals surface area contributed by atoms with Gasteiger partial charge < -0.3 is 5.32 Å². The standard InChI is InChI=1S/C23H20ClN5O3/c1-14-7-8-18(15(2)11-14)27-19(30)13-28-21-20(25-9-10-26-21)22(31)29(23(28)32)12-16-5-3-4-6-17(16)24/h3-11H,12-13H2,1-2H3,(H,27,30). The maximum atomic E-state index is 13.3. The monoisotopic (exact) mass is 449 g/mol. The molecule has 0 atom stereocenters. The molecule has 0 spiro atoms. The van der Waals surface area contributed by atoms with E-state index >= 15 is 0 Å². The molecule has 4 aromatic rings. The van der Waals surface area contributed by atoms with Crippen LogP contribution >= 0.6 is 11.6 Å². The second-order valence-corrected chi connectivity index (χ2v) is 7.85. The fourth-order valence-corrected chi connectivity index (χ4v) is 3.69. The number of amides is 1. The summed E-state index contributed by atoms with van der Waals surface area (Å²) in [4.78, 5) is 47.3. The van der Waals surface area contributed by atoms with Crippen molar-refractivity contribution in [2.24, 2.45) is 0 Å². The lowest BCUT2D eigenvalue weighted by molar-refractivity contribution is -0.116. The van der Waals surface area contributed by atoms with E-state index in [1.807, 2.05) is 32.0 Å². The minimum absolute atomic E-state index is 0.00142. The molecule has 1 amide bonds. The van der Waals surface area contributed by atoms with E-state index in [0.717, 1.165) is 20.3 Å². The number of nitrogens with one attached hydrogen (secondary N) is 1. The predicted molar refractivity (Wildman–Crippen MR) is 123 cm³/mol. The molecule has 0 bridgehead atoms. The number of nitrogens with zero attached hydrogens (tertiary/aromatic N) is 4. The van der Waals surface area contributed by atoms with Crippen LogP contribution in [-0.2, 0) is 17.9 Å². The Morgan fingerprint density at radius 1 is 1.03 bits per heavy atom. The molecule has 0 aliphatic heterocycles. The van der Waals surface area contributed by atoms with E-state index in [1.165, 1.54) is 12.4 Å². The Kier molecular flexibility index (Phi) is 5.87. The van der Waals surface area contributed by atoms with Gasteiger partial charge in [-0.05, 0) is 37.1 Å². The quantitative estimate of drug-likeness (QED) is 0.505. The molecule has 4 rings (SSSR count). The van der Waals surface area contributed by atoms with Crippen LogP contribution in [0.25, 0.3) is 11.2 Å². The highest BCUT2D eigenvalue weighted by molar-refractivity contribution is 6.31. The molecule has 2 aromatic heterocycles. The fourth-order valence-electron chi connectivity index (χ4n) is 3.50. The number of aromatic nitrogens is 4. The van der Waals surface area contributed by atoms with Crippen LogP contribution < -0.4 is 16.6 Å². The molecule has 0 aliphatic carbocycles. The van der Waals surface area contributed by atoms with Crippen molar-refractivity contribution < 1.29 is 4.79 Å². The van der Waals surface area contributed by atoms with Gasteiger partial charge in [-0.15, -0.1) is 0 Å². The van der Waals surface area contributed by atoms with Crippen LogP contribution in [0.2, 0.25) is 5.02 Å². The Hall–Kier alpha value is -3.78. The smallest absolute Gasteiger partial charge is 0.324 e. The second kappa shape index (κ2) is 8.76. The third-order valence-electron chi connectivity index (χ3n) is 5.09. The van der Waals surface area contributed by atoms with Gasteiger partial charge in [0.2, 0.25) is 5.91 Å². The van der Waals surface area contributed by atoms with Crippen LogP contribution in [0, 0.1) is 13.8 Å². The van der Waals surface area contributed by atoms with Crippen LogP contribution in [0.4, 0.5) is 5.69 Å². The highest BCUT2D eigenvalue weighted by Gasteiger charge is 2.18. The summed E-state index contributed by atoms with van der Waals surface area (Å²) in [6, 6.07) is 12.6. The van der Waals surface area contributed by atoms with Crippen molar-refractivity contribution in [1.82, 2.24) is 19.1 Å². The van der Waals surface area contributed by atoms with Gasteiger partial charge in [0.1, 0.15) is 6.54 Å². The van der Waals surface area contributed by atoms with Crippen molar-refractivity contribution in [3.05, 3.63) is 97.4 Å². The number of carbonyl (C=O) groups excluding carboxylic acids is 1. The highest BCUT2D eigenvalue weighted by atomic mass is 35.5. The maximum Gasteiger partial charge on any atom is 0.333 e. The molecule has 0 aliphatic rings. The van der Waals surface area contributed by atoms with Gasteiger partial charge in [-0.2, -0.15) is 0 Å². The molecular weight excluding hydrogens is 430 g/mol. The first-order valence-electron chi connectivity index (χ1n) is 9.90. The van der Waals surface area contributed by atoms with Gasteiger partial charge in [0, 0.05) is 23.1 Å². The first kappa shape index (κ1) is 21.5. The Bertz CT molecular complexity index is 1460. The van der Waals surface area contributed by atoms with Crippen LogP contribution in [-0.4, -0.2) is 25.0 Å².